The molecule has 0 spiro atoms. The molecule has 0 saturated carbocycles. The maximum Gasteiger partial charge on any atom is 0.282 e. The van der Waals surface area contributed by atoms with Gasteiger partial charge in [-0.2, -0.15) is 0 Å². The van der Waals surface area contributed by atoms with Crippen LogP contribution in [0.3, 0.4) is 0 Å². The maximum atomic E-state index is 12.8. The molecule has 2 aromatic rings. The Morgan fingerprint density at radius 3 is 2.75 bits per heavy atom. The van der Waals surface area contributed by atoms with Crippen molar-refractivity contribution in [2.24, 2.45) is 7.05 Å². The molecule has 1 aliphatic heterocycles. The molecule has 1 fully saturated rings. The van der Waals surface area contributed by atoms with Crippen molar-refractivity contribution in [2.45, 2.75) is 5.92 Å². The number of rotatable bonds is 1. The Kier molecular flexibility index (Phi) is 1.75. The summed E-state index contributed by atoms with van der Waals surface area (Å²) in [5.74, 6) is -2.54. The molecule has 84 valence electrons. The van der Waals surface area contributed by atoms with E-state index in [0.29, 0.717) is 0 Å². The Morgan fingerprint density at radius 1 is 1.31 bits per heavy atom. The summed E-state index contributed by atoms with van der Waals surface area (Å²) in [5.41, 5.74) is 2.55. The Hall–Kier alpha value is -1.65. The largest absolute Gasteiger partial charge is 0.357 e. The van der Waals surface area contributed by atoms with E-state index in [9.17, 15) is 8.78 Å². The molecule has 0 atom stereocenters. The molecular formula is C11H11F2N3. The lowest BCUT2D eigenvalue weighted by Crippen LogP contribution is -2.56. The fourth-order valence-electron chi connectivity index (χ4n) is 2.08. The van der Waals surface area contributed by atoms with Gasteiger partial charge in [0.05, 0.1) is 30.6 Å². The molecule has 0 radical (unpaired) electrons. The predicted octanol–water partition coefficient (Wildman–Crippen LogP) is 2.03. The molecule has 0 unspecified atom stereocenters. The average molecular weight is 223 g/mol. The zero-order valence-electron chi connectivity index (χ0n) is 8.82. The van der Waals surface area contributed by atoms with E-state index >= 15 is 0 Å². The van der Waals surface area contributed by atoms with Crippen molar-refractivity contribution in [1.82, 2.24) is 9.55 Å². The van der Waals surface area contributed by atoms with Crippen LogP contribution < -0.4 is 4.90 Å². The highest BCUT2D eigenvalue weighted by molar-refractivity contribution is 5.89. The maximum absolute atomic E-state index is 12.8. The zero-order valence-corrected chi connectivity index (χ0v) is 8.82. The summed E-state index contributed by atoms with van der Waals surface area (Å²) in [6, 6.07) is 5.64. The summed E-state index contributed by atoms with van der Waals surface area (Å²) in [4.78, 5) is 5.91. The Labute approximate surface area is 91.3 Å². The van der Waals surface area contributed by atoms with Gasteiger partial charge < -0.3 is 9.47 Å². The summed E-state index contributed by atoms with van der Waals surface area (Å²) in [5, 5.41) is 0. The number of benzene rings is 1. The third-order valence-corrected chi connectivity index (χ3v) is 2.92. The van der Waals surface area contributed by atoms with Gasteiger partial charge in [0, 0.05) is 7.05 Å². The van der Waals surface area contributed by atoms with E-state index in [2.05, 4.69) is 4.98 Å². The fraction of sp³-hybridized carbons (Fsp3) is 0.364. The monoisotopic (exact) mass is 223 g/mol. The highest BCUT2D eigenvalue weighted by atomic mass is 19.3. The van der Waals surface area contributed by atoms with Gasteiger partial charge in [0.1, 0.15) is 5.52 Å². The molecule has 0 bridgehead atoms. The number of imidazole rings is 1. The van der Waals surface area contributed by atoms with Crippen LogP contribution in [0.25, 0.3) is 11.0 Å². The summed E-state index contributed by atoms with van der Waals surface area (Å²) in [6.07, 6.45) is 1.70. The van der Waals surface area contributed by atoms with Crippen LogP contribution in [0, 0.1) is 0 Å². The van der Waals surface area contributed by atoms with Crippen LogP contribution in [0.4, 0.5) is 14.5 Å². The third-order valence-electron chi connectivity index (χ3n) is 2.92. The zero-order chi connectivity index (χ0) is 11.3. The van der Waals surface area contributed by atoms with Crippen LogP contribution in [0.5, 0.6) is 0 Å². The number of hydrogen-bond donors (Lipinski definition) is 0. The minimum absolute atomic E-state index is 0.206. The number of anilines is 1. The second-order valence-corrected chi connectivity index (χ2v) is 4.21. The second-order valence-electron chi connectivity index (χ2n) is 4.21. The molecule has 2 heterocycles. The van der Waals surface area contributed by atoms with Crippen LogP contribution in [-0.2, 0) is 7.05 Å². The Balaban J connectivity index is 2.05. The van der Waals surface area contributed by atoms with Gasteiger partial charge in [-0.25, -0.2) is 13.8 Å². The summed E-state index contributed by atoms with van der Waals surface area (Å²) >= 11 is 0. The SMILES string of the molecule is Cn1cnc2c(N3CC(F)(F)C3)cccc21. The van der Waals surface area contributed by atoms with Crippen LogP contribution in [0.1, 0.15) is 0 Å². The summed E-state index contributed by atoms with van der Waals surface area (Å²) < 4.78 is 27.5. The molecule has 1 saturated heterocycles. The summed E-state index contributed by atoms with van der Waals surface area (Å²) in [7, 11) is 1.89. The number of aromatic nitrogens is 2. The normalized spacial score (nSPS) is 18.8. The lowest BCUT2D eigenvalue weighted by atomic mass is 10.1. The topological polar surface area (TPSA) is 21.1 Å². The first kappa shape index (κ1) is 9.57. The lowest BCUT2D eigenvalue weighted by Gasteiger charge is -2.40. The van der Waals surface area contributed by atoms with E-state index in [0.717, 1.165) is 16.7 Å². The molecule has 0 aliphatic carbocycles. The van der Waals surface area contributed by atoms with Gasteiger partial charge in [-0.15, -0.1) is 0 Å². The van der Waals surface area contributed by atoms with Crippen LogP contribution in [0.2, 0.25) is 0 Å². The van der Waals surface area contributed by atoms with Crippen molar-refractivity contribution in [3.63, 3.8) is 0 Å². The number of aryl methyl sites for hydroxylation is 1. The van der Waals surface area contributed by atoms with Crippen molar-refractivity contribution >= 4 is 16.7 Å². The van der Waals surface area contributed by atoms with E-state index in [1.54, 1.807) is 11.2 Å². The Bertz CT molecular complexity index is 539. The average Bonchev–Trinajstić information content (AvgIpc) is 2.57. The van der Waals surface area contributed by atoms with E-state index < -0.39 is 5.92 Å². The summed E-state index contributed by atoms with van der Waals surface area (Å²) in [6.45, 7) is -0.411. The van der Waals surface area contributed by atoms with Crippen molar-refractivity contribution in [3.8, 4) is 0 Å². The van der Waals surface area contributed by atoms with E-state index in [4.69, 9.17) is 0 Å². The first-order valence-electron chi connectivity index (χ1n) is 5.10. The van der Waals surface area contributed by atoms with Crippen molar-refractivity contribution in [2.75, 3.05) is 18.0 Å². The lowest BCUT2D eigenvalue weighted by molar-refractivity contribution is -0.0261. The van der Waals surface area contributed by atoms with Gasteiger partial charge in [0.2, 0.25) is 0 Å². The molecule has 1 aliphatic rings. The van der Waals surface area contributed by atoms with Gasteiger partial charge in [-0.1, -0.05) is 6.07 Å². The van der Waals surface area contributed by atoms with Crippen LogP contribution in [-0.4, -0.2) is 28.6 Å². The first-order valence-corrected chi connectivity index (χ1v) is 5.10. The molecule has 3 nitrogen and oxygen atoms in total. The molecule has 0 amide bonds. The number of halogens is 2. The highest BCUT2D eigenvalue weighted by Crippen LogP contribution is 2.35. The van der Waals surface area contributed by atoms with Gasteiger partial charge >= 0.3 is 0 Å². The Morgan fingerprint density at radius 2 is 2.06 bits per heavy atom. The molecule has 0 N–H and O–H groups in total. The van der Waals surface area contributed by atoms with Crippen molar-refractivity contribution in [3.05, 3.63) is 24.5 Å². The molecular weight excluding hydrogens is 212 g/mol. The van der Waals surface area contributed by atoms with E-state index in [-0.39, 0.29) is 13.1 Å². The van der Waals surface area contributed by atoms with Gasteiger partial charge in [0.15, 0.2) is 0 Å². The number of hydrogen-bond acceptors (Lipinski definition) is 2. The van der Waals surface area contributed by atoms with E-state index in [1.807, 2.05) is 29.8 Å². The second kappa shape index (κ2) is 2.93. The van der Waals surface area contributed by atoms with Crippen molar-refractivity contribution in [1.29, 1.82) is 0 Å². The number of nitrogens with zero attached hydrogens (tertiary/aromatic N) is 3. The van der Waals surface area contributed by atoms with Crippen molar-refractivity contribution < 1.29 is 8.78 Å². The van der Waals surface area contributed by atoms with Gasteiger partial charge in [0.25, 0.3) is 5.92 Å². The van der Waals surface area contributed by atoms with Gasteiger partial charge in [-0.05, 0) is 12.1 Å². The number of fused-ring (bicyclic) bond motifs is 1. The fourth-order valence-corrected chi connectivity index (χ4v) is 2.08. The predicted molar refractivity (Wildman–Crippen MR) is 57.9 cm³/mol. The van der Waals surface area contributed by atoms with E-state index in [1.165, 1.54) is 0 Å². The number of alkyl halides is 2. The molecule has 1 aromatic heterocycles. The van der Waals surface area contributed by atoms with Crippen LogP contribution in [0.15, 0.2) is 24.5 Å². The smallest absolute Gasteiger partial charge is 0.282 e. The molecule has 16 heavy (non-hydrogen) atoms. The molecule has 1 aromatic carbocycles. The first-order chi connectivity index (χ1) is 7.57. The highest BCUT2D eigenvalue weighted by Gasteiger charge is 2.44. The quantitative estimate of drug-likeness (QED) is 0.737. The van der Waals surface area contributed by atoms with Gasteiger partial charge in [-0.3, -0.25) is 0 Å². The standard InChI is InChI=1S/C11H11F2N3/c1-15-7-14-10-8(15)3-2-4-9(10)16-5-11(12,13)6-16/h2-4,7H,5-6H2,1H3. The molecule has 3 rings (SSSR count). The number of para-hydroxylation sites is 1. The minimum atomic E-state index is -2.54. The third kappa shape index (κ3) is 1.27. The minimum Gasteiger partial charge on any atom is -0.357 e. The van der Waals surface area contributed by atoms with Crippen LogP contribution >= 0.6 is 0 Å². The molecule has 5 heteroatoms.